The molecule has 0 aromatic heterocycles. The normalized spacial score (nSPS) is 13.2. The number of amides is 1. The molecule has 0 rings (SSSR count). The van der Waals surface area contributed by atoms with E-state index in [-0.39, 0.29) is 51.1 Å². The van der Waals surface area contributed by atoms with Gasteiger partial charge in [-0.1, -0.05) is 13.2 Å². The van der Waals surface area contributed by atoms with Crippen molar-refractivity contribution in [2.45, 2.75) is 25.0 Å². The first-order valence-electron chi connectivity index (χ1n) is 7.06. The molecular formula is C15H25NO6. The van der Waals surface area contributed by atoms with E-state index >= 15 is 0 Å². The highest BCUT2D eigenvalue weighted by Crippen LogP contribution is 1.99. The summed E-state index contributed by atoms with van der Waals surface area (Å²) in [6.45, 7) is 7.42. The number of carbonyl (C=O) groups is 2. The molecule has 2 atom stereocenters. The standard InChI is InChI=1S/C15H25NO6/c1-3-12(17)5-6-13(18)10-21-7-8-22-11-14(19)9-16-15(20)4-2/h3-4,13-14,18-19H,1-2,5-11H2,(H,16,20). The largest absolute Gasteiger partial charge is 0.391 e. The summed E-state index contributed by atoms with van der Waals surface area (Å²) in [5.41, 5.74) is 0. The zero-order valence-electron chi connectivity index (χ0n) is 12.7. The Morgan fingerprint density at radius 1 is 1.05 bits per heavy atom. The van der Waals surface area contributed by atoms with E-state index < -0.39 is 12.2 Å². The van der Waals surface area contributed by atoms with Gasteiger partial charge in [0.05, 0.1) is 38.6 Å². The van der Waals surface area contributed by atoms with E-state index in [9.17, 15) is 19.8 Å². The van der Waals surface area contributed by atoms with Gasteiger partial charge in [0.15, 0.2) is 5.78 Å². The molecule has 7 heteroatoms. The molecule has 0 spiro atoms. The molecule has 0 heterocycles. The van der Waals surface area contributed by atoms with Crippen molar-refractivity contribution >= 4 is 11.7 Å². The fourth-order valence-electron chi connectivity index (χ4n) is 1.40. The van der Waals surface area contributed by atoms with Crippen LogP contribution in [-0.2, 0) is 19.1 Å². The van der Waals surface area contributed by atoms with Crippen molar-refractivity contribution in [3.63, 3.8) is 0 Å². The number of hydrogen-bond donors (Lipinski definition) is 3. The van der Waals surface area contributed by atoms with Crippen molar-refractivity contribution < 1.29 is 29.3 Å². The van der Waals surface area contributed by atoms with Crippen molar-refractivity contribution in [2.75, 3.05) is 33.0 Å². The minimum absolute atomic E-state index is 0.0666. The molecule has 0 aliphatic rings. The minimum Gasteiger partial charge on any atom is -0.391 e. The number of aliphatic hydroxyl groups excluding tert-OH is 2. The maximum absolute atomic E-state index is 11.0. The fourth-order valence-corrected chi connectivity index (χ4v) is 1.40. The molecule has 126 valence electrons. The van der Waals surface area contributed by atoms with Crippen LogP contribution in [0.5, 0.6) is 0 Å². The smallest absolute Gasteiger partial charge is 0.243 e. The monoisotopic (exact) mass is 315 g/mol. The van der Waals surface area contributed by atoms with Gasteiger partial charge in [0, 0.05) is 13.0 Å². The number of allylic oxidation sites excluding steroid dienone is 1. The highest BCUT2D eigenvalue weighted by molar-refractivity contribution is 5.89. The van der Waals surface area contributed by atoms with Gasteiger partial charge in [-0.2, -0.15) is 0 Å². The van der Waals surface area contributed by atoms with Crippen LogP contribution in [0.25, 0.3) is 0 Å². The zero-order valence-corrected chi connectivity index (χ0v) is 12.7. The quantitative estimate of drug-likeness (QED) is 0.297. The van der Waals surface area contributed by atoms with Crippen LogP contribution >= 0.6 is 0 Å². The lowest BCUT2D eigenvalue weighted by Crippen LogP contribution is -2.33. The molecule has 1 amide bonds. The minimum atomic E-state index is -0.806. The van der Waals surface area contributed by atoms with Crippen LogP contribution in [0.15, 0.2) is 25.3 Å². The van der Waals surface area contributed by atoms with Crippen molar-refractivity contribution in [2.24, 2.45) is 0 Å². The number of ether oxygens (including phenoxy) is 2. The number of ketones is 1. The molecule has 0 fully saturated rings. The van der Waals surface area contributed by atoms with Crippen LogP contribution in [0.3, 0.4) is 0 Å². The Morgan fingerprint density at radius 2 is 1.64 bits per heavy atom. The van der Waals surface area contributed by atoms with Crippen LogP contribution in [0.4, 0.5) is 0 Å². The molecule has 0 saturated heterocycles. The second kappa shape index (κ2) is 13.1. The topological polar surface area (TPSA) is 105 Å². The average molecular weight is 315 g/mol. The summed E-state index contributed by atoms with van der Waals surface area (Å²) in [6.07, 6.45) is 1.41. The lowest BCUT2D eigenvalue weighted by molar-refractivity contribution is -0.117. The third-order valence-electron chi connectivity index (χ3n) is 2.64. The predicted molar refractivity (Wildman–Crippen MR) is 81.3 cm³/mol. The van der Waals surface area contributed by atoms with Gasteiger partial charge in [-0.25, -0.2) is 0 Å². The van der Waals surface area contributed by atoms with Crippen molar-refractivity contribution in [3.8, 4) is 0 Å². The molecular weight excluding hydrogens is 290 g/mol. The van der Waals surface area contributed by atoms with E-state index in [2.05, 4.69) is 18.5 Å². The van der Waals surface area contributed by atoms with Crippen LogP contribution in [-0.4, -0.2) is 67.1 Å². The Labute approximate surface area is 130 Å². The lowest BCUT2D eigenvalue weighted by atomic mass is 10.1. The van der Waals surface area contributed by atoms with Gasteiger partial charge < -0.3 is 25.0 Å². The SMILES string of the molecule is C=CC(=O)CCC(O)COCCOCC(O)CNC(=O)C=C. The van der Waals surface area contributed by atoms with Crippen molar-refractivity contribution in [3.05, 3.63) is 25.3 Å². The average Bonchev–Trinajstić information content (AvgIpc) is 2.53. The third kappa shape index (κ3) is 12.2. The summed E-state index contributed by atoms with van der Waals surface area (Å²) in [5, 5.41) is 21.5. The molecule has 7 nitrogen and oxygen atoms in total. The van der Waals surface area contributed by atoms with Gasteiger partial charge in [-0.05, 0) is 18.6 Å². The van der Waals surface area contributed by atoms with Gasteiger partial charge in [-0.15, -0.1) is 0 Å². The van der Waals surface area contributed by atoms with E-state index in [0.717, 1.165) is 6.08 Å². The van der Waals surface area contributed by atoms with E-state index in [0.29, 0.717) is 6.42 Å². The van der Waals surface area contributed by atoms with E-state index in [4.69, 9.17) is 9.47 Å². The van der Waals surface area contributed by atoms with Gasteiger partial charge in [0.1, 0.15) is 0 Å². The predicted octanol–water partition coefficient (Wildman–Crippen LogP) is -0.421. The van der Waals surface area contributed by atoms with E-state index in [1.54, 1.807) is 0 Å². The molecule has 0 saturated carbocycles. The third-order valence-corrected chi connectivity index (χ3v) is 2.64. The summed E-state index contributed by atoms with van der Waals surface area (Å²) in [5.74, 6) is -0.466. The van der Waals surface area contributed by atoms with E-state index in [1.807, 2.05) is 0 Å². The van der Waals surface area contributed by atoms with Crippen LogP contribution in [0, 0.1) is 0 Å². The maximum atomic E-state index is 11.0. The summed E-state index contributed by atoms with van der Waals surface area (Å²) in [7, 11) is 0. The van der Waals surface area contributed by atoms with Crippen LogP contribution in [0.2, 0.25) is 0 Å². The number of carbonyl (C=O) groups excluding carboxylic acids is 2. The van der Waals surface area contributed by atoms with Gasteiger partial charge in [0.2, 0.25) is 5.91 Å². The van der Waals surface area contributed by atoms with Crippen LogP contribution in [0.1, 0.15) is 12.8 Å². The molecule has 22 heavy (non-hydrogen) atoms. The second-order valence-corrected chi connectivity index (χ2v) is 4.62. The van der Waals surface area contributed by atoms with Crippen molar-refractivity contribution in [1.29, 1.82) is 0 Å². The summed E-state index contributed by atoms with van der Waals surface area (Å²) in [6, 6.07) is 0. The summed E-state index contributed by atoms with van der Waals surface area (Å²) < 4.78 is 10.3. The number of nitrogens with one attached hydrogen (secondary N) is 1. The van der Waals surface area contributed by atoms with Crippen LogP contribution < -0.4 is 5.32 Å². The number of rotatable bonds is 14. The molecule has 0 aliphatic heterocycles. The molecule has 0 aromatic rings. The second-order valence-electron chi connectivity index (χ2n) is 4.62. The Balaban J connectivity index is 3.45. The maximum Gasteiger partial charge on any atom is 0.243 e. The molecule has 2 unspecified atom stereocenters. The summed E-state index contributed by atoms with van der Waals surface area (Å²) >= 11 is 0. The highest BCUT2D eigenvalue weighted by atomic mass is 16.5. The Morgan fingerprint density at radius 3 is 2.18 bits per heavy atom. The van der Waals surface area contributed by atoms with Gasteiger partial charge >= 0.3 is 0 Å². The highest BCUT2D eigenvalue weighted by Gasteiger charge is 2.07. The molecule has 0 bridgehead atoms. The number of hydrogen-bond acceptors (Lipinski definition) is 6. The summed E-state index contributed by atoms with van der Waals surface area (Å²) in [4.78, 5) is 21.8. The lowest BCUT2D eigenvalue weighted by Gasteiger charge is -2.13. The first kappa shape index (κ1) is 20.5. The van der Waals surface area contributed by atoms with Gasteiger partial charge in [-0.3, -0.25) is 9.59 Å². The molecule has 0 radical (unpaired) electrons. The Hall–Kier alpha value is -1.54. The first-order valence-corrected chi connectivity index (χ1v) is 7.06. The first-order chi connectivity index (χ1) is 10.5. The van der Waals surface area contributed by atoms with Gasteiger partial charge in [0.25, 0.3) is 0 Å². The Bertz CT molecular complexity index is 324. The Kier molecular flexibility index (Phi) is 12.2. The molecule has 3 N–H and O–H groups in total. The molecule has 0 aromatic carbocycles. The fraction of sp³-hybridized carbons (Fsp3) is 0.600. The van der Waals surface area contributed by atoms with E-state index in [1.165, 1.54) is 6.08 Å². The zero-order chi connectivity index (χ0) is 16.8. The number of aliphatic hydroxyl groups is 2. The molecule has 0 aliphatic carbocycles. The van der Waals surface area contributed by atoms with Crippen molar-refractivity contribution in [1.82, 2.24) is 5.32 Å².